The highest BCUT2D eigenvalue weighted by atomic mass is 16.5. The van der Waals surface area contributed by atoms with Crippen LogP contribution in [0.1, 0.15) is 53.9 Å². The molecule has 0 aliphatic heterocycles. The van der Waals surface area contributed by atoms with Crippen LogP contribution < -0.4 is 10.5 Å². The summed E-state index contributed by atoms with van der Waals surface area (Å²) >= 11 is 0. The monoisotopic (exact) mass is 365 g/mol. The van der Waals surface area contributed by atoms with Gasteiger partial charge in [0.2, 0.25) is 0 Å². The molecule has 0 amide bonds. The lowest BCUT2D eigenvalue weighted by molar-refractivity contribution is 0.0822. The minimum atomic E-state index is 0.400. The Balaban J connectivity index is 1.30. The summed E-state index contributed by atoms with van der Waals surface area (Å²) in [6, 6.07) is 15.7. The van der Waals surface area contributed by atoms with Crippen LogP contribution in [0.25, 0.3) is 0 Å². The van der Waals surface area contributed by atoms with Gasteiger partial charge in [0, 0.05) is 6.04 Å². The van der Waals surface area contributed by atoms with Crippen molar-refractivity contribution in [1.29, 1.82) is 0 Å². The first-order valence-corrected chi connectivity index (χ1v) is 10.3. The van der Waals surface area contributed by atoms with Crippen molar-refractivity contribution in [3.63, 3.8) is 0 Å². The molecule has 3 atom stereocenters. The van der Waals surface area contributed by atoms with Gasteiger partial charge in [-0.05, 0) is 84.7 Å². The lowest BCUT2D eigenvalue weighted by atomic mass is 9.82. The summed E-state index contributed by atoms with van der Waals surface area (Å²) in [6.07, 6.45) is 7.11. The van der Waals surface area contributed by atoms with E-state index in [9.17, 15) is 0 Å². The van der Waals surface area contributed by atoms with Gasteiger partial charge in [0.05, 0.1) is 20.3 Å². The van der Waals surface area contributed by atoms with Crippen LogP contribution >= 0.6 is 0 Å². The van der Waals surface area contributed by atoms with Crippen LogP contribution in [-0.2, 0) is 24.2 Å². The van der Waals surface area contributed by atoms with Crippen molar-refractivity contribution >= 4 is 0 Å². The van der Waals surface area contributed by atoms with E-state index in [4.69, 9.17) is 15.2 Å². The van der Waals surface area contributed by atoms with Crippen molar-refractivity contribution in [2.45, 2.75) is 57.1 Å². The van der Waals surface area contributed by atoms with Gasteiger partial charge in [0.25, 0.3) is 0 Å². The largest absolute Gasteiger partial charge is 0.497 e. The summed E-state index contributed by atoms with van der Waals surface area (Å²) in [5, 5.41) is 0. The van der Waals surface area contributed by atoms with Crippen LogP contribution in [0.5, 0.6) is 5.75 Å². The van der Waals surface area contributed by atoms with Gasteiger partial charge in [-0.2, -0.15) is 0 Å². The highest BCUT2D eigenvalue weighted by Gasteiger charge is 2.25. The van der Waals surface area contributed by atoms with Gasteiger partial charge in [-0.25, -0.2) is 0 Å². The standard InChI is InChI=1S/C24H31NO2/c1-26-24-4-2-3-17(12-24)15-27-16-18-5-6-20-13-21(8-7-19(20)11-18)22-9-10-23(25)14-22/h2-4,7-8,12-13,18,22-23H,5-6,9-11,14-16,25H2,1H3. The normalized spacial score (nSPS) is 24.6. The van der Waals surface area contributed by atoms with Gasteiger partial charge >= 0.3 is 0 Å². The van der Waals surface area contributed by atoms with Crippen molar-refractivity contribution in [3.8, 4) is 5.75 Å². The molecule has 2 N–H and O–H groups in total. The maximum absolute atomic E-state index is 6.10. The number of hydrogen-bond donors (Lipinski definition) is 1. The summed E-state index contributed by atoms with van der Waals surface area (Å²) in [7, 11) is 1.70. The molecule has 1 saturated carbocycles. The van der Waals surface area contributed by atoms with Gasteiger partial charge in [-0.1, -0.05) is 30.3 Å². The molecule has 0 saturated heterocycles. The van der Waals surface area contributed by atoms with Crippen LogP contribution in [0.3, 0.4) is 0 Å². The maximum atomic E-state index is 6.10. The van der Waals surface area contributed by atoms with E-state index in [1.165, 1.54) is 42.4 Å². The zero-order valence-corrected chi connectivity index (χ0v) is 16.3. The zero-order chi connectivity index (χ0) is 18.6. The molecular weight excluding hydrogens is 334 g/mol. The lowest BCUT2D eigenvalue weighted by Crippen LogP contribution is -2.19. The Bertz CT molecular complexity index is 773. The van der Waals surface area contributed by atoms with Crippen molar-refractivity contribution in [1.82, 2.24) is 0 Å². The molecule has 2 aliphatic rings. The molecule has 0 spiro atoms. The quantitative estimate of drug-likeness (QED) is 0.813. The van der Waals surface area contributed by atoms with Gasteiger partial charge in [-0.15, -0.1) is 0 Å². The smallest absolute Gasteiger partial charge is 0.119 e. The Morgan fingerprint density at radius 3 is 2.78 bits per heavy atom. The fourth-order valence-corrected chi connectivity index (χ4v) is 4.67. The number of rotatable bonds is 6. The summed E-state index contributed by atoms with van der Waals surface area (Å²) in [6.45, 7) is 1.48. The molecule has 27 heavy (non-hydrogen) atoms. The summed E-state index contributed by atoms with van der Waals surface area (Å²) in [4.78, 5) is 0. The Morgan fingerprint density at radius 1 is 1.04 bits per heavy atom. The molecule has 2 aliphatic carbocycles. The number of nitrogens with two attached hydrogens (primary N) is 1. The van der Waals surface area contributed by atoms with Crippen LogP contribution in [0.15, 0.2) is 42.5 Å². The van der Waals surface area contributed by atoms with E-state index in [0.29, 0.717) is 24.5 Å². The molecule has 3 nitrogen and oxygen atoms in total. The topological polar surface area (TPSA) is 44.5 Å². The van der Waals surface area contributed by atoms with Crippen molar-refractivity contribution in [3.05, 3.63) is 64.7 Å². The minimum absolute atomic E-state index is 0.400. The molecule has 3 heteroatoms. The Morgan fingerprint density at radius 2 is 1.96 bits per heavy atom. The number of ether oxygens (including phenoxy) is 2. The first-order chi connectivity index (χ1) is 13.2. The van der Waals surface area contributed by atoms with Crippen LogP contribution in [0, 0.1) is 5.92 Å². The first-order valence-electron chi connectivity index (χ1n) is 10.3. The first kappa shape index (κ1) is 18.5. The van der Waals surface area contributed by atoms with E-state index in [0.717, 1.165) is 25.2 Å². The summed E-state index contributed by atoms with van der Waals surface area (Å²) < 4.78 is 11.3. The Hall–Kier alpha value is -1.84. The van der Waals surface area contributed by atoms with Crippen LogP contribution in [0.2, 0.25) is 0 Å². The molecule has 4 rings (SSSR count). The third-order valence-electron chi connectivity index (χ3n) is 6.26. The zero-order valence-electron chi connectivity index (χ0n) is 16.3. The third kappa shape index (κ3) is 4.53. The lowest BCUT2D eigenvalue weighted by Gasteiger charge is -2.26. The molecule has 2 aromatic carbocycles. The van der Waals surface area contributed by atoms with E-state index >= 15 is 0 Å². The van der Waals surface area contributed by atoms with Crippen molar-refractivity contribution in [2.24, 2.45) is 11.7 Å². The van der Waals surface area contributed by atoms with E-state index in [2.05, 4.69) is 24.3 Å². The molecule has 2 aromatic rings. The second-order valence-electron chi connectivity index (χ2n) is 8.27. The van der Waals surface area contributed by atoms with Crippen molar-refractivity contribution in [2.75, 3.05) is 13.7 Å². The van der Waals surface area contributed by atoms with E-state index in [1.54, 1.807) is 12.7 Å². The highest BCUT2D eigenvalue weighted by molar-refractivity contribution is 5.36. The van der Waals surface area contributed by atoms with Crippen molar-refractivity contribution < 1.29 is 9.47 Å². The molecule has 0 bridgehead atoms. The Labute approximate surface area is 162 Å². The number of hydrogen-bond acceptors (Lipinski definition) is 3. The summed E-state index contributed by atoms with van der Waals surface area (Å²) in [5.74, 6) is 2.18. The summed E-state index contributed by atoms with van der Waals surface area (Å²) in [5.41, 5.74) is 11.9. The predicted molar refractivity (Wildman–Crippen MR) is 109 cm³/mol. The second-order valence-corrected chi connectivity index (χ2v) is 8.27. The Kier molecular flexibility index (Phi) is 5.80. The maximum Gasteiger partial charge on any atom is 0.119 e. The highest BCUT2D eigenvalue weighted by Crippen LogP contribution is 2.36. The average molecular weight is 366 g/mol. The second kappa shape index (κ2) is 8.45. The molecule has 144 valence electrons. The fourth-order valence-electron chi connectivity index (χ4n) is 4.67. The number of fused-ring (bicyclic) bond motifs is 1. The van der Waals surface area contributed by atoms with E-state index in [1.807, 2.05) is 18.2 Å². The molecule has 3 unspecified atom stereocenters. The molecular formula is C24H31NO2. The van der Waals surface area contributed by atoms with E-state index in [-0.39, 0.29) is 0 Å². The van der Waals surface area contributed by atoms with Crippen LogP contribution in [-0.4, -0.2) is 19.8 Å². The van der Waals surface area contributed by atoms with Gasteiger partial charge in [0.15, 0.2) is 0 Å². The minimum Gasteiger partial charge on any atom is -0.497 e. The predicted octanol–water partition coefficient (Wildman–Crippen LogP) is 4.61. The number of aryl methyl sites for hydroxylation is 1. The number of benzene rings is 2. The SMILES string of the molecule is COc1cccc(COCC2CCc3cc(C4CCC(N)C4)ccc3C2)c1. The number of methoxy groups -OCH3 is 1. The fraction of sp³-hybridized carbons (Fsp3) is 0.500. The van der Waals surface area contributed by atoms with Crippen LogP contribution in [0.4, 0.5) is 0 Å². The van der Waals surface area contributed by atoms with E-state index < -0.39 is 0 Å². The third-order valence-corrected chi connectivity index (χ3v) is 6.26. The van der Waals surface area contributed by atoms with Gasteiger partial charge in [-0.3, -0.25) is 0 Å². The molecule has 0 radical (unpaired) electrons. The molecule has 0 heterocycles. The average Bonchev–Trinajstić information content (AvgIpc) is 3.14. The molecule has 0 aromatic heterocycles. The van der Waals surface area contributed by atoms with Gasteiger partial charge in [0.1, 0.15) is 5.75 Å². The molecule has 1 fully saturated rings. The van der Waals surface area contributed by atoms with Gasteiger partial charge < -0.3 is 15.2 Å².